The van der Waals surface area contributed by atoms with E-state index in [4.69, 9.17) is 10.5 Å². The second-order valence-electron chi connectivity index (χ2n) is 7.86. The average molecular weight is 467 g/mol. The first-order valence-corrected chi connectivity index (χ1v) is 11.3. The second-order valence-corrected chi connectivity index (χ2v) is 8.75. The molecule has 1 aliphatic rings. The molecule has 6 nitrogen and oxygen atoms in total. The van der Waals surface area contributed by atoms with Gasteiger partial charge in [0.2, 0.25) is 5.88 Å². The summed E-state index contributed by atoms with van der Waals surface area (Å²) in [6.07, 6.45) is -1.98. The topological polar surface area (TPSA) is 81.3 Å². The highest BCUT2D eigenvalue weighted by Gasteiger charge is 2.47. The quantitative estimate of drug-likeness (QED) is 0.464. The third-order valence-electron chi connectivity index (χ3n) is 5.62. The van der Waals surface area contributed by atoms with Crippen LogP contribution in [0.2, 0.25) is 0 Å². The molecule has 1 aliphatic heterocycles. The summed E-state index contributed by atoms with van der Waals surface area (Å²) in [6, 6.07) is 17.6. The van der Waals surface area contributed by atoms with Crippen molar-refractivity contribution in [1.29, 1.82) is 0 Å². The van der Waals surface area contributed by atoms with Gasteiger partial charge in [0.1, 0.15) is 0 Å². The summed E-state index contributed by atoms with van der Waals surface area (Å²) in [5, 5.41) is 3.13. The first-order chi connectivity index (χ1) is 15.9. The van der Waals surface area contributed by atoms with Crippen molar-refractivity contribution in [1.82, 2.24) is 14.9 Å². The van der Waals surface area contributed by atoms with Crippen LogP contribution in [0.5, 0.6) is 5.88 Å². The van der Waals surface area contributed by atoms with E-state index in [1.165, 1.54) is 16.2 Å². The minimum absolute atomic E-state index is 0.0648. The number of carbonyl (C=O) groups excluding carboxylic acids is 1. The van der Waals surface area contributed by atoms with Crippen LogP contribution in [-0.4, -0.2) is 45.9 Å². The standard InChI is InChI=1S/C24H20F2N4O2S/c25-24(26)10-11-30(13-20(24)32-21-9-8-15-4-1-2-7-18(15)28-21)22(31)17-6-3-5-16(12-17)19-14-33-23(27)29-19/h1-9,12,14,20H,10-11,13H2,(H2,27,29)/t20-/m0/s1. The molecule has 0 radical (unpaired) electrons. The van der Waals surface area contributed by atoms with Crippen LogP contribution in [0, 0.1) is 0 Å². The van der Waals surface area contributed by atoms with Gasteiger partial charge < -0.3 is 15.4 Å². The second kappa shape index (κ2) is 8.40. The Morgan fingerprint density at radius 2 is 1.97 bits per heavy atom. The lowest BCUT2D eigenvalue weighted by atomic mass is 10.0. The maximum Gasteiger partial charge on any atom is 0.287 e. The van der Waals surface area contributed by atoms with Crippen molar-refractivity contribution >= 4 is 33.3 Å². The number of nitrogens with zero attached hydrogens (tertiary/aromatic N) is 3. The summed E-state index contributed by atoms with van der Waals surface area (Å²) in [5.41, 5.74) is 8.16. The first kappa shape index (κ1) is 21.3. The highest BCUT2D eigenvalue weighted by atomic mass is 32.1. The van der Waals surface area contributed by atoms with Gasteiger partial charge in [-0.05, 0) is 24.3 Å². The predicted octanol–water partition coefficient (Wildman–Crippen LogP) is 4.87. The number of pyridine rings is 1. The molecule has 0 spiro atoms. The van der Waals surface area contributed by atoms with Gasteiger partial charge in [-0.25, -0.2) is 18.7 Å². The van der Waals surface area contributed by atoms with Gasteiger partial charge in [0.25, 0.3) is 11.8 Å². The van der Waals surface area contributed by atoms with Gasteiger partial charge in [0, 0.05) is 40.9 Å². The Morgan fingerprint density at radius 3 is 2.79 bits per heavy atom. The minimum atomic E-state index is -3.08. The number of benzene rings is 2. The maximum absolute atomic E-state index is 14.7. The number of hydrogen-bond acceptors (Lipinski definition) is 6. The number of carbonyl (C=O) groups is 1. The molecule has 5 rings (SSSR count). The Kier molecular flexibility index (Phi) is 5.41. The minimum Gasteiger partial charge on any atom is -0.466 e. The number of rotatable bonds is 4. The summed E-state index contributed by atoms with van der Waals surface area (Å²) in [5.74, 6) is -3.31. The number of para-hydroxylation sites is 1. The fourth-order valence-corrected chi connectivity index (χ4v) is 4.42. The molecule has 9 heteroatoms. The fraction of sp³-hybridized carbons (Fsp3) is 0.208. The number of nitrogen functional groups attached to an aromatic ring is 1. The van der Waals surface area contributed by atoms with Crippen molar-refractivity contribution < 1.29 is 18.3 Å². The number of nitrogens with two attached hydrogens (primary N) is 1. The van der Waals surface area contributed by atoms with Gasteiger partial charge in [-0.15, -0.1) is 11.3 Å². The molecule has 0 saturated carbocycles. The van der Waals surface area contributed by atoms with Crippen molar-refractivity contribution in [3.05, 3.63) is 71.6 Å². The number of amides is 1. The van der Waals surface area contributed by atoms with Gasteiger partial charge in [0.05, 0.1) is 17.8 Å². The molecular weight excluding hydrogens is 446 g/mol. The van der Waals surface area contributed by atoms with Crippen molar-refractivity contribution in [2.24, 2.45) is 0 Å². The molecule has 2 N–H and O–H groups in total. The van der Waals surface area contributed by atoms with Crippen molar-refractivity contribution in [3.63, 3.8) is 0 Å². The molecule has 1 amide bonds. The van der Waals surface area contributed by atoms with Crippen molar-refractivity contribution in [2.45, 2.75) is 18.4 Å². The summed E-state index contributed by atoms with van der Waals surface area (Å²) in [6.45, 7) is -0.307. The number of aromatic nitrogens is 2. The average Bonchev–Trinajstić information content (AvgIpc) is 3.26. The number of piperidine rings is 1. The van der Waals surface area contributed by atoms with Crippen LogP contribution in [0.4, 0.5) is 13.9 Å². The highest BCUT2D eigenvalue weighted by Crippen LogP contribution is 2.33. The smallest absolute Gasteiger partial charge is 0.287 e. The van der Waals surface area contributed by atoms with E-state index >= 15 is 0 Å². The van der Waals surface area contributed by atoms with Gasteiger partial charge in [-0.3, -0.25) is 4.79 Å². The van der Waals surface area contributed by atoms with E-state index in [0.29, 0.717) is 21.9 Å². The summed E-state index contributed by atoms with van der Waals surface area (Å²) in [4.78, 5) is 23.1. The molecule has 1 fully saturated rings. The van der Waals surface area contributed by atoms with Crippen LogP contribution in [0.25, 0.3) is 22.2 Å². The number of thiazole rings is 1. The van der Waals surface area contributed by atoms with E-state index in [1.54, 1.807) is 41.8 Å². The lowest BCUT2D eigenvalue weighted by molar-refractivity contribution is -0.131. The fourth-order valence-electron chi connectivity index (χ4n) is 3.85. The third-order valence-corrected chi connectivity index (χ3v) is 6.30. The lowest BCUT2D eigenvalue weighted by Gasteiger charge is -2.38. The molecule has 0 unspecified atom stereocenters. The van der Waals surface area contributed by atoms with Crippen molar-refractivity contribution in [2.75, 3.05) is 18.8 Å². The Hall–Kier alpha value is -3.59. The molecule has 0 aliphatic carbocycles. The number of hydrogen-bond donors (Lipinski definition) is 1. The van der Waals surface area contributed by atoms with Gasteiger partial charge in [-0.1, -0.05) is 30.3 Å². The summed E-state index contributed by atoms with van der Waals surface area (Å²) >= 11 is 1.31. The molecule has 1 saturated heterocycles. The maximum atomic E-state index is 14.7. The zero-order chi connectivity index (χ0) is 23.0. The van der Waals surface area contributed by atoms with Crippen molar-refractivity contribution in [3.8, 4) is 17.1 Å². The molecular formula is C24H20F2N4O2S. The zero-order valence-electron chi connectivity index (χ0n) is 17.4. The van der Waals surface area contributed by atoms with E-state index in [9.17, 15) is 13.6 Å². The van der Waals surface area contributed by atoms with Gasteiger partial charge >= 0.3 is 0 Å². The van der Waals surface area contributed by atoms with Crippen LogP contribution in [0.15, 0.2) is 66.0 Å². The Bertz CT molecular complexity index is 1330. The lowest BCUT2D eigenvalue weighted by Crippen LogP contribution is -2.55. The Morgan fingerprint density at radius 1 is 1.12 bits per heavy atom. The highest BCUT2D eigenvalue weighted by molar-refractivity contribution is 7.13. The Labute approximate surface area is 192 Å². The zero-order valence-corrected chi connectivity index (χ0v) is 18.3. The number of fused-ring (bicyclic) bond motifs is 1. The SMILES string of the molecule is Nc1nc(-c2cccc(C(=O)N3CCC(F)(F)[C@@H](Oc4ccc5ccccc5n4)C3)c2)cs1. The number of ether oxygens (including phenoxy) is 1. The number of halogens is 2. The van der Waals surface area contributed by atoms with E-state index in [0.717, 1.165) is 10.9 Å². The number of alkyl halides is 2. The number of anilines is 1. The molecule has 168 valence electrons. The molecule has 2 aromatic carbocycles. The van der Waals surface area contributed by atoms with Crippen LogP contribution in [0.1, 0.15) is 16.8 Å². The first-order valence-electron chi connectivity index (χ1n) is 10.4. The Balaban J connectivity index is 1.36. The van der Waals surface area contributed by atoms with E-state index in [-0.39, 0.29) is 24.9 Å². The van der Waals surface area contributed by atoms with Gasteiger partial charge in [0.15, 0.2) is 11.2 Å². The summed E-state index contributed by atoms with van der Waals surface area (Å²) in [7, 11) is 0. The largest absolute Gasteiger partial charge is 0.466 e. The van der Waals surface area contributed by atoms with E-state index in [2.05, 4.69) is 9.97 Å². The van der Waals surface area contributed by atoms with Crippen LogP contribution < -0.4 is 10.5 Å². The monoisotopic (exact) mass is 466 g/mol. The van der Waals surface area contributed by atoms with E-state index in [1.807, 2.05) is 24.3 Å². The normalized spacial score (nSPS) is 17.8. The summed E-state index contributed by atoms with van der Waals surface area (Å²) < 4.78 is 35.0. The predicted molar refractivity (Wildman–Crippen MR) is 124 cm³/mol. The number of likely N-dealkylation sites (tertiary alicyclic amines) is 1. The van der Waals surface area contributed by atoms with Gasteiger partial charge in [-0.2, -0.15) is 0 Å². The molecule has 2 aromatic heterocycles. The molecule has 3 heterocycles. The van der Waals surface area contributed by atoms with Crippen LogP contribution >= 0.6 is 11.3 Å². The third kappa shape index (κ3) is 4.36. The molecule has 33 heavy (non-hydrogen) atoms. The molecule has 1 atom stereocenters. The van der Waals surface area contributed by atoms with E-state index < -0.39 is 18.4 Å². The van der Waals surface area contributed by atoms with Crippen LogP contribution in [-0.2, 0) is 0 Å². The molecule has 4 aromatic rings. The molecule has 0 bridgehead atoms. The van der Waals surface area contributed by atoms with Crippen LogP contribution in [0.3, 0.4) is 0 Å².